The van der Waals surface area contributed by atoms with Crippen LogP contribution in [0.5, 0.6) is 17.6 Å². The van der Waals surface area contributed by atoms with Crippen molar-refractivity contribution >= 4 is 5.91 Å². The van der Waals surface area contributed by atoms with Gasteiger partial charge in [0.05, 0.1) is 45.6 Å². The zero-order valence-corrected chi connectivity index (χ0v) is 17.6. The molecular formula is C22H27N3O5. The third-order valence-corrected chi connectivity index (χ3v) is 5.80. The SMILES string of the molecule is COc1nc(C)c(CC(=O)N[C@@H]2CC3(CCOCC3)Oc3ccccc32)c(OC)n1. The van der Waals surface area contributed by atoms with E-state index in [4.69, 9.17) is 18.9 Å². The van der Waals surface area contributed by atoms with Gasteiger partial charge < -0.3 is 24.3 Å². The highest BCUT2D eigenvalue weighted by molar-refractivity contribution is 5.80. The van der Waals surface area contributed by atoms with E-state index in [1.165, 1.54) is 14.2 Å². The normalized spacial score (nSPS) is 19.5. The molecule has 2 aliphatic heterocycles. The molecule has 1 aromatic carbocycles. The first-order valence-corrected chi connectivity index (χ1v) is 10.1. The lowest BCUT2D eigenvalue weighted by atomic mass is 9.82. The molecule has 0 saturated carbocycles. The third kappa shape index (κ3) is 4.05. The molecule has 1 aromatic heterocycles. The van der Waals surface area contributed by atoms with Crippen molar-refractivity contribution in [3.05, 3.63) is 41.1 Å². The van der Waals surface area contributed by atoms with Crippen LogP contribution in [0.25, 0.3) is 0 Å². The van der Waals surface area contributed by atoms with Gasteiger partial charge in [-0.2, -0.15) is 4.98 Å². The van der Waals surface area contributed by atoms with Crippen LogP contribution in [-0.4, -0.2) is 48.9 Å². The number of carbonyl (C=O) groups is 1. The van der Waals surface area contributed by atoms with Crippen molar-refractivity contribution in [2.24, 2.45) is 0 Å². The maximum absolute atomic E-state index is 13.0. The number of hydrogen-bond acceptors (Lipinski definition) is 7. The first-order chi connectivity index (χ1) is 14.5. The fraction of sp³-hybridized carbons (Fsp3) is 0.500. The molecule has 0 unspecified atom stereocenters. The molecule has 2 aliphatic rings. The molecule has 1 fully saturated rings. The van der Waals surface area contributed by atoms with E-state index in [2.05, 4.69) is 15.3 Å². The number of nitrogens with one attached hydrogen (secondary N) is 1. The number of aryl methyl sites for hydroxylation is 1. The van der Waals surface area contributed by atoms with Crippen molar-refractivity contribution in [2.45, 2.75) is 44.2 Å². The fourth-order valence-corrected chi connectivity index (χ4v) is 4.21. The molecule has 3 heterocycles. The van der Waals surface area contributed by atoms with Crippen molar-refractivity contribution in [2.75, 3.05) is 27.4 Å². The van der Waals surface area contributed by atoms with E-state index in [0.717, 1.165) is 24.2 Å². The van der Waals surface area contributed by atoms with Gasteiger partial charge in [0.25, 0.3) is 0 Å². The summed E-state index contributed by atoms with van der Waals surface area (Å²) < 4.78 is 22.4. The van der Waals surface area contributed by atoms with Crippen LogP contribution in [0.15, 0.2) is 24.3 Å². The van der Waals surface area contributed by atoms with Crippen LogP contribution in [-0.2, 0) is 16.0 Å². The number of para-hydroxylation sites is 1. The lowest BCUT2D eigenvalue weighted by Crippen LogP contribution is -2.48. The van der Waals surface area contributed by atoms with Crippen LogP contribution >= 0.6 is 0 Å². The molecule has 4 rings (SSSR count). The Bertz CT molecular complexity index is 927. The van der Waals surface area contributed by atoms with Crippen molar-refractivity contribution in [3.8, 4) is 17.6 Å². The van der Waals surface area contributed by atoms with Crippen molar-refractivity contribution < 1.29 is 23.7 Å². The molecule has 8 heteroatoms. The van der Waals surface area contributed by atoms with E-state index < -0.39 is 0 Å². The maximum atomic E-state index is 13.0. The van der Waals surface area contributed by atoms with Gasteiger partial charge in [-0.15, -0.1) is 0 Å². The second kappa shape index (κ2) is 8.47. The highest BCUT2D eigenvalue weighted by Crippen LogP contribution is 2.43. The van der Waals surface area contributed by atoms with Gasteiger partial charge in [-0.1, -0.05) is 18.2 Å². The molecule has 2 aromatic rings. The summed E-state index contributed by atoms with van der Waals surface area (Å²) in [5.74, 6) is 1.06. The average molecular weight is 413 g/mol. The Labute approximate surface area is 175 Å². The molecule has 0 bridgehead atoms. The standard InChI is InChI=1S/C22H27N3O5/c1-14-16(20(27-2)25-21(23-14)28-3)12-19(26)24-17-13-22(8-10-29-11-9-22)30-18-7-5-4-6-15(17)18/h4-7,17H,8-13H2,1-3H3,(H,24,26)/t17-/m1/s1. The number of hydrogen-bond donors (Lipinski definition) is 1. The highest BCUT2D eigenvalue weighted by atomic mass is 16.5. The number of methoxy groups -OCH3 is 2. The smallest absolute Gasteiger partial charge is 0.319 e. The molecule has 1 amide bonds. The number of carbonyl (C=O) groups excluding carboxylic acids is 1. The zero-order valence-electron chi connectivity index (χ0n) is 17.6. The summed E-state index contributed by atoms with van der Waals surface area (Å²) >= 11 is 0. The number of fused-ring (bicyclic) bond motifs is 1. The number of rotatable bonds is 5. The topological polar surface area (TPSA) is 91.8 Å². The van der Waals surface area contributed by atoms with Crippen LogP contribution in [0.1, 0.15) is 42.1 Å². The first kappa shape index (κ1) is 20.4. The summed E-state index contributed by atoms with van der Waals surface area (Å²) in [7, 11) is 3.02. The monoisotopic (exact) mass is 413 g/mol. The molecule has 160 valence electrons. The Kier molecular flexibility index (Phi) is 5.76. The van der Waals surface area contributed by atoms with Crippen LogP contribution in [0, 0.1) is 6.92 Å². The Morgan fingerprint density at radius 2 is 1.97 bits per heavy atom. The second-order valence-corrected chi connectivity index (χ2v) is 7.72. The minimum Gasteiger partial charge on any atom is -0.487 e. The number of amides is 1. The largest absolute Gasteiger partial charge is 0.487 e. The lowest BCUT2D eigenvalue weighted by molar-refractivity contribution is -0.122. The second-order valence-electron chi connectivity index (χ2n) is 7.72. The number of aromatic nitrogens is 2. The summed E-state index contributed by atoms with van der Waals surface area (Å²) in [4.78, 5) is 21.5. The predicted octanol–water partition coefficient (Wildman–Crippen LogP) is 2.53. The van der Waals surface area contributed by atoms with E-state index >= 15 is 0 Å². The first-order valence-electron chi connectivity index (χ1n) is 10.1. The summed E-state index contributed by atoms with van der Waals surface area (Å²) in [6.45, 7) is 3.15. The summed E-state index contributed by atoms with van der Waals surface area (Å²) in [6, 6.07) is 7.98. The summed E-state index contributed by atoms with van der Waals surface area (Å²) in [6.07, 6.45) is 2.46. The molecule has 0 aliphatic carbocycles. The fourth-order valence-electron chi connectivity index (χ4n) is 4.21. The molecule has 30 heavy (non-hydrogen) atoms. The van der Waals surface area contributed by atoms with Crippen molar-refractivity contribution in [3.63, 3.8) is 0 Å². The molecule has 1 spiro atoms. The Balaban J connectivity index is 1.55. The summed E-state index contributed by atoms with van der Waals surface area (Å²) in [5, 5.41) is 3.20. The van der Waals surface area contributed by atoms with E-state index in [1.54, 1.807) is 0 Å². The van der Waals surface area contributed by atoms with Crippen molar-refractivity contribution in [1.29, 1.82) is 0 Å². The maximum Gasteiger partial charge on any atom is 0.319 e. The van der Waals surface area contributed by atoms with Gasteiger partial charge in [-0.05, 0) is 13.0 Å². The van der Waals surface area contributed by atoms with Crippen LogP contribution in [0.4, 0.5) is 0 Å². The molecule has 1 saturated heterocycles. The van der Waals surface area contributed by atoms with Crippen LogP contribution in [0.2, 0.25) is 0 Å². The number of nitrogens with zero attached hydrogens (tertiary/aromatic N) is 2. The van der Waals surface area contributed by atoms with Gasteiger partial charge in [-0.25, -0.2) is 4.98 Å². The van der Waals surface area contributed by atoms with Gasteiger partial charge in [0.2, 0.25) is 11.8 Å². The number of benzene rings is 1. The number of ether oxygens (including phenoxy) is 4. The summed E-state index contributed by atoms with van der Waals surface area (Å²) in [5.41, 5.74) is 2.00. The van der Waals surface area contributed by atoms with Crippen molar-refractivity contribution in [1.82, 2.24) is 15.3 Å². The highest BCUT2D eigenvalue weighted by Gasteiger charge is 2.42. The van der Waals surface area contributed by atoms with E-state index in [0.29, 0.717) is 36.8 Å². The Morgan fingerprint density at radius 3 is 2.70 bits per heavy atom. The molecule has 1 atom stereocenters. The Hall–Kier alpha value is -2.87. The molecule has 0 radical (unpaired) electrons. The lowest BCUT2D eigenvalue weighted by Gasteiger charge is -2.44. The third-order valence-electron chi connectivity index (χ3n) is 5.80. The average Bonchev–Trinajstić information content (AvgIpc) is 2.75. The van der Waals surface area contributed by atoms with Gasteiger partial charge in [0.15, 0.2) is 0 Å². The molecular weight excluding hydrogens is 386 g/mol. The Morgan fingerprint density at radius 1 is 1.20 bits per heavy atom. The zero-order chi connectivity index (χ0) is 21.1. The minimum atomic E-state index is -0.304. The van der Waals surface area contributed by atoms with E-state index in [9.17, 15) is 4.79 Å². The van der Waals surface area contributed by atoms with Gasteiger partial charge in [0, 0.05) is 30.4 Å². The van der Waals surface area contributed by atoms with Crippen LogP contribution in [0.3, 0.4) is 0 Å². The van der Waals surface area contributed by atoms with Gasteiger partial charge >= 0.3 is 6.01 Å². The molecule has 1 N–H and O–H groups in total. The minimum absolute atomic E-state index is 0.117. The van der Waals surface area contributed by atoms with E-state index in [-0.39, 0.29) is 30.0 Å². The van der Waals surface area contributed by atoms with Gasteiger partial charge in [-0.3, -0.25) is 4.79 Å². The quantitative estimate of drug-likeness (QED) is 0.805. The molecule has 8 nitrogen and oxygen atoms in total. The predicted molar refractivity (Wildman–Crippen MR) is 109 cm³/mol. The van der Waals surface area contributed by atoms with Gasteiger partial charge in [0.1, 0.15) is 11.4 Å². The van der Waals surface area contributed by atoms with E-state index in [1.807, 2.05) is 31.2 Å². The van der Waals surface area contributed by atoms with Crippen LogP contribution < -0.4 is 19.5 Å².